The molecule has 2 aromatic rings. The van der Waals surface area contributed by atoms with E-state index in [2.05, 4.69) is 9.72 Å². The first-order chi connectivity index (χ1) is 8.58. The number of H-pyrrole nitrogens is 1. The van der Waals surface area contributed by atoms with Crippen LogP contribution in [-0.4, -0.2) is 22.6 Å². The molecule has 0 aliphatic carbocycles. The number of methoxy groups -OCH3 is 1. The minimum Gasteiger partial charge on any atom is -0.465 e. The van der Waals surface area contributed by atoms with Gasteiger partial charge in [0.1, 0.15) is 0 Å². The smallest absolute Gasteiger partial charge is 0.337 e. The molecule has 0 atom stereocenters. The minimum absolute atomic E-state index is 0.206. The second-order valence-corrected chi connectivity index (χ2v) is 4.12. The average Bonchev–Trinajstić information content (AvgIpc) is 2.38. The zero-order valence-electron chi connectivity index (χ0n) is 10.0. The second kappa shape index (κ2) is 4.73. The first-order valence-electron chi connectivity index (χ1n) is 5.43. The molecule has 0 spiro atoms. The van der Waals surface area contributed by atoms with Gasteiger partial charge in [0.15, 0.2) is 4.77 Å². The number of carbonyl (C=O) groups is 1. The van der Waals surface area contributed by atoms with Crippen molar-refractivity contribution in [3.05, 3.63) is 38.9 Å². The third kappa shape index (κ3) is 1.95. The molecule has 0 saturated carbocycles. The number of aromatic nitrogens is 2. The third-order valence-electron chi connectivity index (χ3n) is 2.72. The van der Waals surface area contributed by atoms with Crippen LogP contribution in [0.4, 0.5) is 0 Å². The Morgan fingerprint density at radius 2 is 2.22 bits per heavy atom. The SMILES string of the molecule is CCn1c(=S)[nH]c2ccc(C(=O)OC)cc2c1=O. The maximum absolute atomic E-state index is 12.2. The lowest BCUT2D eigenvalue weighted by molar-refractivity contribution is 0.0601. The van der Waals surface area contributed by atoms with Gasteiger partial charge in [0.2, 0.25) is 0 Å². The minimum atomic E-state index is -0.471. The van der Waals surface area contributed by atoms with Gasteiger partial charge < -0.3 is 9.72 Å². The lowest BCUT2D eigenvalue weighted by Gasteiger charge is -2.06. The molecule has 0 aliphatic heterocycles. The number of hydrogen-bond donors (Lipinski definition) is 1. The van der Waals surface area contributed by atoms with E-state index in [0.29, 0.717) is 27.8 Å². The molecule has 0 fully saturated rings. The van der Waals surface area contributed by atoms with Crippen LogP contribution in [-0.2, 0) is 11.3 Å². The van der Waals surface area contributed by atoms with Crippen molar-refractivity contribution in [3.8, 4) is 0 Å². The van der Waals surface area contributed by atoms with Gasteiger partial charge in [0, 0.05) is 6.54 Å². The van der Waals surface area contributed by atoms with E-state index in [-0.39, 0.29) is 5.56 Å². The molecule has 2 rings (SSSR count). The van der Waals surface area contributed by atoms with Gasteiger partial charge in [-0.3, -0.25) is 9.36 Å². The number of esters is 1. The van der Waals surface area contributed by atoms with Crippen LogP contribution in [0.15, 0.2) is 23.0 Å². The Bertz CT molecular complexity index is 730. The number of nitrogens with zero attached hydrogens (tertiary/aromatic N) is 1. The molecule has 6 heteroatoms. The Morgan fingerprint density at radius 1 is 1.50 bits per heavy atom. The summed E-state index contributed by atoms with van der Waals surface area (Å²) in [4.78, 5) is 26.6. The van der Waals surface area contributed by atoms with E-state index in [9.17, 15) is 9.59 Å². The van der Waals surface area contributed by atoms with E-state index >= 15 is 0 Å². The summed E-state index contributed by atoms with van der Waals surface area (Å²) in [5.74, 6) is -0.471. The molecule has 0 aliphatic rings. The highest BCUT2D eigenvalue weighted by atomic mass is 32.1. The second-order valence-electron chi connectivity index (χ2n) is 3.73. The van der Waals surface area contributed by atoms with Gasteiger partial charge in [-0.2, -0.15) is 0 Å². The number of benzene rings is 1. The van der Waals surface area contributed by atoms with Gasteiger partial charge in [-0.1, -0.05) is 0 Å². The number of hydrogen-bond acceptors (Lipinski definition) is 4. The summed E-state index contributed by atoms with van der Waals surface area (Å²) in [7, 11) is 1.30. The van der Waals surface area contributed by atoms with Crippen LogP contribution in [0, 0.1) is 4.77 Å². The van der Waals surface area contributed by atoms with Crippen LogP contribution < -0.4 is 5.56 Å². The zero-order valence-corrected chi connectivity index (χ0v) is 10.8. The monoisotopic (exact) mass is 264 g/mol. The molecular weight excluding hydrogens is 252 g/mol. The quantitative estimate of drug-likeness (QED) is 0.664. The van der Waals surface area contributed by atoms with Gasteiger partial charge in [0.05, 0.1) is 23.6 Å². The molecule has 0 radical (unpaired) electrons. The number of aromatic amines is 1. The lowest BCUT2D eigenvalue weighted by atomic mass is 10.1. The molecule has 1 heterocycles. The van der Waals surface area contributed by atoms with Gasteiger partial charge in [0.25, 0.3) is 5.56 Å². The van der Waals surface area contributed by atoms with Crippen LogP contribution >= 0.6 is 12.2 Å². The lowest BCUT2D eigenvalue weighted by Crippen LogP contribution is -2.21. The summed E-state index contributed by atoms with van der Waals surface area (Å²) in [6.07, 6.45) is 0. The predicted molar refractivity (Wildman–Crippen MR) is 70.4 cm³/mol. The fourth-order valence-electron chi connectivity index (χ4n) is 1.78. The average molecular weight is 264 g/mol. The zero-order chi connectivity index (χ0) is 13.3. The molecular formula is C12H12N2O3S. The first kappa shape index (κ1) is 12.5. The van der Waals surface area contributed by atoms with Crippen molar-refractivity contribution in [3.63, 3.8) is 0 Å². The standard InChI is InChI=1S/C12H12N2O3S/c1-3-14-10(15)8-6-7(11(16)17-2)4-5-9(8)13-12(14)18/h4-6H,3H2,1-2H3,(H,13,18). The first-order valence-corrected chi connectivity index (χ1v) is 5.84. The van der Waals surface area contributed by atoms with E-state index in [1.165, 1.54) is 17.7 Å². The van der Waals surface area contributed by atoms with Crippen LogP contribution in [0.3, 0.4) is 0 Å². The maximum atomic E-state index is 12.2. The highest BCUT2D eigenvalue weighted by Gasteiger charge is 2.09. The molecule has 0 unspecified atom stereocenters. The van der Waals surface area contributed by atoms with Gasteiger partial charge >= 0.3 is 5.97 Å². The summed E-state index contributed by atoms with van der Waals surface area (Å²) in [5.41, 5.74) is 0.750. The summed E-state index contributed by atoms with van der Waals surface area (Å²) < 4.78 is 6.45. The number of carbonyl (C=O) groups excluding carboxylic acids is 1. The number of fused-ring (bicyclic) bond motifs is 1. The summed E-state index contributed by atoms with van der Waals surface area (Å²) in [5, 5.41) is 0.424. The van der Waals surface area contributed by atoms with Crippen LogP contribution in [0.2, 0.25) is 0 Å². The maximum Gasteiger partial charge on any atom is 0.337 e. The molecule has 0 bridgehead atoms. The Hall–Kier alpha value is -1.95. The molecule has 0 amide bonds. The Kier molecular flexibility index (Phi) is 3.29. The Labute approximate surface area is 108 Å². The fraction of sp³-hybridized carbons (Fsp3) is 0.250. The van der Waals surface area contributed by atoms with Crippen LogP contribution in [0.5, 0.6) is 0 Å². The summed E-state index contributed by atoms with van der Waals surface area (Å²) >= 11 is 5.09. The van der Waals surface area contributed by atoms with Crippen LogP contribution in [0.1, 0.15) is 17.3 Å². The topological polar surface area (TPSA) is 64.1 Å². The number of nitrogens with one attached hydrogen (secondary N) is 1. The number of rotatable bonds is 2. The van der Waals surface area contributed by atoms with E-state index in [0.717, 1.165) is 0 Å². The summed E-state index contributed by atoms with van der Waals surface area (Å²) in [6, 6.07) is 4.76. The Morgan fingerprint density at radius 3 is 2.83 bits per heavy atom. The van der Waals surface area contributed by atoms with Crippen molar-refractivity contribution in [1.29, 1.82) is 0 Å². The normalized spacial score (nSPS) is 10.6. The highest BCUT2D eigenvalue weighted by molar-refractivity contribution is 7.71. The van der Waals surface area contributed by atoms with Crippen molar-refractivity contribution in [2.45, 2.75) is 13.5 Å². The molecule has 1 aromatic carbocycles. The molecule has 5 nitrogen and oxygen atoms in total. The van der Waals surface area contributed by atoms with Crippen molar-refractivity contribution in [1.82, 2.24) is 9.55 Å². The van der Waals surface area contributed by atoms with Gasteiger partial charge in [-0.15, -0.1) is 0 Å². The molecule has 1 aromatic heterocycles. The third-order valence-corrected chi connectivity index (χ3v) is 3.04. The van der Waals surface area contributed by atoms with Crippen molar-refractivity contribution < 1.29 is 9.53 Å². The molecule has 1 N–H and O–H groups in total. The summed E-state index contributed by atoms with van der Waals surface area (Å²) in [6.45, 7) is 2.31. The van der Waals surface area contributed by atoms with E-state index in [1.54, 1.807) is 12.1 Å². The molecule has 94 valence electrons. The van der Waals surface area contributed by atoms with Crippen molar-refractivity contribution in [2.24, 2.45) is 0 Å². The number of ether oxygens (including phenoxy) is 1. The van der Waals surface area contributed by atoms with Crippen molar-refractivity contribution >= 4 is 29.1 Å². The highest BCUT2D eigenvalue weighted by Crippen LogP contribution is 2.11. The van der Waals surface area contributed by atoms with E-state index in [1.807, 2.05) is 6.92 Å². The Balaban J connectivity index is 2.81. The van der Waals surface area contributed by atoms with Gasteiger partial charge in [-0.25, -0.2) is 4.79 Å². The molecule has 18 heavy (non-hydrogen) atoms. The van der Waals surface area contributed by atoms with Crippen LogP contribution in [0.25, 0.3) is 10.9 Å². The van der Waals surface area contributed by atoms with E-state index < -0.39 is 5.97 Å². The fourth-order valence-corrected chi connectivity index (χ4v) is 2.10. The van der Waals surface area contributed by atoms with Gasteiger partial charge in [-0.05, 0) is 37.3 Å². The predicted octanol–water partition coefficient (Wildman–Crippen LogP) is 1.87. The van der Waals surface area contributed by atoms with E-state index in [4.69, 9.17) is 12.2 Å². The largest absolute Gasteiger partial charge is 0.465 e. The van der Waals surface area contributed by atoms with Crippen molar-refractivity contribution in [2.75, 3.05) is 7.11 Å². The molecule has 0 saturated heterocycles.